The summed E-state index contributed by atoms with van der Waals surface area (Å²) in [6.07, 6.45) is 0.925. The molecule has 0 aliphatic heterocycles. The van der Waals surface area contributed by atoms with Crippen LogP contribution in [0.25, 0.3) is 0 Å². The third-order valence-corrected chi connectivity index (χ3v) is 7.27. The van der Waals surface area contributed by atoms with Crippen molar-refractivity contribution in [3.8, 4) is 11.5 Å². The number of amides is 2. The maximum atomic E-state index is 13.0. The summed E-state index contributed by atoms with van der Waals surface area (Å²) < 4.78 is 12.4. The average Bonchev–Trinajstić information content (AvgIpc) is 2.89. The monoisotopic (exact) mass is 701 g/mol. The van der Waals surface area contributed by atoms with Crippen LogP contribution < -0.4 is 20.2 Å². The molecule has 0 unspecified atom stereocenters. The molecular formula is C29H28BrCl4N3O4. The van der Waals surface area contributed by atoms with Crippen LogP contribution in [0, 0.1) is 5.92 Å². The van der Waals surface area contributed by atoms with Crippen LogP contribution in [0.15, 0.2) is 64.2 Å². The van der Waals surface area contributed by atoms with Gasteiger partial charge in [0.25, 0.3) is 11.8 Å². The van der Waals surface area contributed by atoms with Crippen LogP contribution in [0.1, 0.15) is 38.3 Å². The molecule has 0 saturated carbocycles. The third-order valence-electron chi connectivity index (χ3n) is 5.66. The van der Waals surface area contributed by atoms with E-state index in [1.54, 1.807) is 49.4 Å². The molecule has 0 aliphatic carbocycles. The van der Waals surface area contributed by atoms with Crippen molar-refractivity contribution in [1.82, 2.24) is 10.7 Å². The summed E-state index contributed by atoms with van der Waals surface area (Å²) in [7, 11) is 0. The molecule has 3 aromatic rings. The molecule has 0 spiro atoms. The quantitative estimate of drug-likeness (QED) is 0.147. The molecule has 2 N–H and O–H groups in total. The Hall–Kier alpha value is -2.49. The summed E-state index contributed by atoms with van der Waals surface area (Å²) in [5.41, 5.74) is 3.88. The predicted octanol–water partition coefficient (Wildman–Crippen LogP) is 8.09. The molecule has 3 rings (SSSR count). The summed E-state index contributed by atoms with van der Waals surface area (Å²) in [6.45, 7) is 5.66. The molecule has 0 radical (unpaired) electrons. The van der Waals surface area contributed by atoms with Crippen molar-refractivity contribution < 1.29 is 19.1 Å². The van der Waals surface area contributed by atoms with Crippen LogP contribution in [0.3, 0.4) is 0 Å². The Bertz CT molecular complexity index is 1420. The van der Waals surface area contributed by atoms with Crippen molar-refractivity contribution in [3.05, 3.63) is 90.3 Å². The van der Waals surface area contributed by atoms with Crippen LogP contribution >= 0.6 is 62.3 Å². The molecule has 0 fully saturated rings. The van der Waals surface area contributed by atoms with E-state index in [1.165, 1.54) is 12.3 Å². The van der Waals surface area contributed by atoms with E-state index in [0.29, 0.717) is 38.6 Å². The van der Waals surface area contributed by atoms with Crippen molar-refractivity contribution in [3.63, 3.8) is 0 Å². The molecule has 0 aromatic heterocycles. The Morgan fingerprint density at radius 2 is 1.56 bits per heavy atom. The van der Waals surface area contributed by atoms with Crippen molar-refractivity contribution in [2.75, 3.05) is 0 Å². The SMILES string of the molecule is CC(C)C[C@@H](NC(=O)[C@@H](C)Oc1ccc(Cl)cc1Cl)C(=O)N/N=C\c1cc(Br)ccc1OCc1ccc(Cl)cc1Cl. The minimum atomic E-state index is -0.921. The Labute approximate surface area is 267 Å². The number of hydrazone groups is 1. The van der Waals surface area contributed by atoms with Gasteiger partial charge in [0.1, 0.15) is 24.1 Å². The second kappa shape index (κ2) is 15.7. The van der Waals surface area contributed by atoms with Crippen LogP contribution in [0.2, 0.25) is 20.1 Å². The highest BCUT2D eigenvalue weighted by Crippen LogP contribution is 2.29. The average molecular weight is 704 g/mol. The number of benzene rings is 3. The van der Waals surface area contributed by atoms with Gasteiger partial charge in [0.15, 0.2) is 6.10 Å². The molecule has 0 aliphatic rings. The minimum Gasteiger partial charge on any atom is -0.488 e. The largest absolute Gasteiger partial charge is 0.488 e. The van der Waals surface area contributed by atoms with Crippen LogP contribution in [-0.2, 0) is 16.2 Å². The van der Waals surface area contributed by atoms with Crippen molar-refractivity contribution in [2.24, 2.45) is 11.0 Å². The van der Waals surface area contributed by atoms with E-state index in [4.69, 9.17) is 55.9 Å². The lowest BCUT2D eigenvalue weighted by atomic mass is 10.0. The Morgan fingerprint density at radius 1 is 0.902 bits per heavy atom. The van der Waals surface area contributed by atoms with Gasteiger partial charge >= 0.3 is 0 Å². The highest BCUT2D eigenvalue weighted by Gasteiger charge is 2.25. The number of ether oxygens (including phenoxy) is 2. The number of carbonyl (C=O) groups is 2. The van der Waals surface area contributed by atoms with E-state index in [2.05, 4.69) is 31.8 Å². The van der Waals surface area contributed by atoms with Gasteiger partial charge in [0.05, 0.1) is 11.2 Å². The Morgan fingerprint density at radius 3 is 2.22 bits per heavy atom. The van der Waals surface area contributed by atoms with Gasteiger partial charge in [0, 0.05) is 30.7 Å². The van der Waals surface area contributed by atoms with E-state index in [9.17, 15) is 9.59 Å². The van der Waals surface area contributed by atoms with Crippen molar-refractivity contribution >= 4 is 80.4 Å². The van der Waals surface area contributed by atoms with Crippen LogP contribution in [-0.4, -0.2) is 30.2 Å². The summed E-state index contributed by atoms with van der Waals surface area (Å²) in [4.78, 5) is 25.9. The van der Waals surface area contributed by atoms with Gasteiger partial charge in [-0.15, -0.1) is 0 Å². The van der Waals surface area contributed by atoms with Crippen molar-refractivity contribution in [1.29, 1.82) is 0 Å². The molecule has 2 amide bonds. The number of hydrogen-bond donors (Lipinski definition) is 2. The molecule has 7 nitrogen and oxygen atoms in total. The normalized spacial score (nSPS) is 12.7. The fourth-order valence-corrected chi connectivity index (χ4v) is 4.89. The van der Waals surface area contributed by atoms with Gasteiger partial charge in [-0.3, -0.25) is 9.59 Å². The highest BCUT2D eigenvalue weighted by molar-refractivity contribution is 9.10. The highest BCUT2D eigenvalue weighted by atomic mass is 79.9. The summed E-state index contributed by atoms with van der Waals surface area (Å²) >= 11 is 27.7. The topological polar surface area (TPSA) is 89.0 Å². The standard InChI is InChI=1S/C29H28BrCl4N3O4/c1-16(2)10-25(36-28(38)17(3)41-27-9-7-22(32)13-24(27)34)29(39)37-35-14-19-11-20(30)5-8-26(19)40-15-18-4-6-21(31)12-23(18)33/h4-9,11-14,16-17,25H,10,15H2,1-3H3,(H,36,38)(H,37,39)/b35-14-/t17-,25-/m1/s1. The summed E-state index contributed by atoms with van der Waals surface area (Å²) in [5.74, 6) is -0.0221. The molecule has 3 aromatic carbocycles. The first-order chi connectivity index (χ1) is 19.4. The fraction of sp³-hybridized carbons (Fsp3) is 0.276. The molecule has 0 saturated heterocycles. The van der Waals surface area contributed by atoms with Gasteiger partial charge in [-0.05, 0) is 67.8 Å². The van der Waals surface area contributed by atoms with Crippen molar-refractivity contribution in [2.45, 2.75) is 45.9 Å². The number of rotatable bonds is 12. The second-order valence-corrected chi connectivity index (χ2v) is 12.1. The number of nitrogens with zero attached hydrogens (tertiary/aromatic N) is 1. The maximum Gasteiger partial charge on any atom is 0.262 e. The van der Waals surface area contributed by atoms with Crippen LogP contribution in [0.4, 0.5) is 0 Å². The molecular weight excluding hydrogens is 676 g/mol. The molecule has 0 bridgehead atoms. The number of carbonyl (C=O) groups excluding carboxylic acids is 2. The van der Waals surface area contributed by atoms with Crippen LogP contribution in [0.5, 0.6) is 11.5 Å². The van der Waals surface area contributed by atoms with E-state index in [0.717, 1.165) is 10.0 Å². The first kappa shape index (κ1) is 33.0. The number of halogens is 5. The zero-order chi connectivity index (χ0) is 30.1. The molecule has 12 heteroatoms. The van der Waals surface area contributed by atoms with Gasteiger partial charge in [-0.1, -0.05) is 82.2 Å². The second-order valence-electron chi connectivity index (χ2n) is 9.47. The lowest BCUT2D eigenvalue weighted by molar-refractivity contribution is -0.132. The lowest BCUT2D eigenvalue weighted by Gasteiger charge is -2.22. The first-order valence-electron chi connectivity index (χ1n) is 12.5. The van der Waals surface area contributed by atoms with Gasteiger partial charge in [0.2, 0.25) is 0 Å². The molecule has 218 valence electrons. The van der Waals surface area contributed by atoms with E-state index < -0.39 is 24.0 Å². The maximum absolute atomic E-state index is 13.0. The number of nitrogens with one attached hydrogen (secondary N) is 2. The Kier molecular flexibility index (Phi) is 12.6. The smallest absolute Gasteiger partial charge is 0.262 e. The minimum absolute atomic E-state index is 0.113. The molecule has 0 heterocycles. The molecule has 41 heavy (non-hydrogen) atoms. The number of hydrogen-bond acceptors (Lipinski definition) is 5. The Balaban J connectivity index is 1.65. The zero-order valence-corrected chi connectivity index (χ0v) is 27.0. The van der Waals surface area contributed by atoms with E-state index >= 15 is 0 Å². The first-order valence-corrected chi connectivity index (χ1v) is 14.8. The zero-order valence-electron chi connectivity index (χ0n) is 22.4. The molecule has 2 atom stereocenters. The van der Waals surface area contributed by atoms with E-state index in [1.807, 2.05) is 19.9 Å². The van der Waals surface area contributed by atoms with Gasteiger partial charge < -0.3 is 14.8 Å². The third kappa shape index (κ3) is 10.4. The van der Waals surface area contributed by atoms with E-state index in [-0.39, 0.29) is 17.5 Å². The summed E-state index contributed by atoms with van der Waals surface area (Å²) in [6, 6.07) is 14.4. The fourth-order valence-electron chi connectivity index (χ4n) is 3.60. The predicted molar refractivity (Wildman–Crippen MR) is 169 cm³/mol. The summed E-state index contributed by atoms with van der Waals surface area (Å²) in [5, 5.41) is 8.60. The van der Waals surface area contributed by atoms with Gasteiger partial charge in [-0.2, -0.15) is 5.10 Å². The lowest BCUT2D eigenvalue weighted by Crippen LogP contribution is -2.49. The van der Waals surface area contributed by atoms with Gasteiger partial charge in [-0.25, -0.2) is 5.43 Å².